The Kier molecular flexibility index (Phi) is 6.67. The van der Waals surface area contributed by atoms with Crippen molar-refractivity contribution in [3.63, 3.8) is 0 Å². The van der Waals surface area contributed by atoms with Gasteiger partial charge in [0.2, 0.25) is 0 Å². The lowest BCUT2D eigenvalue weighted by molar-refractivity contribution is -0.117. The van der Waals surface area contributed by atoms with Crippen LogP contribution in [-0.2, 0) is 17.6 Å². The molecule has 8 heteroatoms. The third-order valence-corrected chi connectivity index (χ3v) is 7.38. The minimum atomic E-state index is -0.708. The Balaban J connectivity index is 1.71. The Hall–Kier alpha value is -2.97. The molecule has 2 heterocycles. The first-order valence-electron chi connectivity index (χ1n) is 10.4. The molecule has 0 saturated heterocycles. The molecule has 0 radical (unpaired) electrons. The fourth-order valence-corrected chi connectivity index (χ4v) is 5.67. The number of rotatable bonds is 7. The number of aromatic nitrogens is 2. The Labute approximate surface area is 199 Å². The molecule has 0 amide bonds. The van der Waals surface area contributed by atoms with Gasteiger partial charge in [0.15, 0.2) is 0 Å². The maximum absolute atomic E-state index is 14.0. The molecule has 4 rings (SSSR count). The van der Waals surface area contributed by atoms with Gasteiger partial charge >= 0.3 is 0 Å². The van der Waals surface area contributed by atoms with Crippen LogP contribution in [0.3, 0.4) is 0 Å². The molecular formula is C25H23F2N3OS2. The second kappa shape index (κ2) is 9.49. The maximum atomic E-state index is 14.0. The van der Waals surface area contributed by atoms with E-state index in [0.717, 1.165) is 49.5 Å². The molecular weight excluding hydrogens is 460 g/mol. The van der Waals surface area contributed by atoms with E-state index in [1.165, 1.54) is 17.4 Å². The topological polar surface area (TPSA) is 46.1 Å². The number of carbonyl (C=O) groups is 1. The molecule has 2 aromatic heterocycles. The lowest BCUT2D eigenvalue weighted by atomic mass is 10.1. The van der Waals surface area contributed by atoms with Crippen LogP contribution < -0.4 is 4.90 Å². The fourth-order valence-electron chi connectivity index (χ4n) is 3.60. The van der Waals surface area contributed by atoms with Gasteiger partial charge in [-0.05, 0) is 43.7 Å². The highest BCUT2D eigenvalue weighted by atomic mass is 32.1. The normalized spacial score (nSPS) is 11.1. The van der Waals surface area contributed by atoms with Crippen molar-refractivity contribution in [3.05, 3.63) is 75.4 Å². The third-order valence-electron chi connectivity index (χ3n) is 5.20. The highest BCUT2D eigenvalue weighted by molar-refractivity contribution is 7.18. The smallest absolute Gasteiger partial charge is 0.144 e. The van der Waals surface area contributed by atoms with Crippen LogP contribution >= 0.6 is 22.7 Å². The maximum Gasteiger partial charge on any atom is 0.144 e. The van der Waals surface area contributed by atoms with Gasteiger partial charge in [-0.15, -0.1) is 22.7 Å². The SMILES string of the molecule is Cc1nc(C)c(-c2nc(CC(=O)Cc3c(F)cccc3F)sc2-c2cccc(N(C)C)c2)s1. The van der Waals surface area contributed by atoms with Crippen LogP contribution in [0.5, 0.6) is 0 Å². The molecule has 0 N–H and O–H groups in total. The van der Waals surface area contributed by atoms with Gasteiger partial charge in [0, 0.05) is 31.8 Å². The lowest BCUT2D eigenvalue weighted by Gasteiger charge is -2.13. The number of nitrogens with zero attached hydrogens (tertiary/aromatic N) is 3. The van der Waals surface area contributed by atoms with Crippen LogP contribution in [0.15, 0.2) is 42.5 Å². The van der Waals surface area contributed by atoms with Crippen molar-refractivity contribution in [2.24, 2.45) is 0 Å². The molecule has 33 heavy (non-hydrogen) atoms. The molecule has 0 fully saturated rings. The van der Waals surface area contributed by atoms with Crippen molar-refractivity contribution in [1.82, 2.24) is 9.97 Å². The van der Waals surface area contributed by atoms with E-state index < -0.39 is 11.6 Å². The van der Waals surface area contributed by atoms with Crippen LogP contribution in [0.1, 0.15) is 21.3 Å². The molecule has 0 saturated carbocycles. The van der Waals surface area contributed by atoms with Crippen molar-refractivity contribution < 1.29 is 13.6 Å². The molecule has 0 aliphatic heterocycles. The minimum absolute atomic E-state index is 0.00957. The zero-order chi connectivity index (χ0) is 23.7. The molecule has 0 aliphatic carbocycles. The van der Waals surface area contributed by atoms with E-state index in [1.807, 2.05) is 51.0 Å². The zero-order valence-electron chi connectivity index (χ0n) is 18.8. The zero-order valence-corrected chi connectivity index (χ0v) is 20.4. The molecule has 0 atom stereocenters. The van der Waals surface area contributed by atoms with Gasteiger partial charge in [-0.2, -0.15) is 0 Å². The average molecular weight is 484 g/mol. The third kappa shape index (κ3) is 5.02. The number of hydrogen-bond donors (Lipinski definition) is 0. The summed E-state index contributed by atoms with van der Waals surface area (Å²) in [7, 11) is 3.96. The van der Waals surface area contributed by atoms with Crippen LogP contribution in [0, 0.1) is 25.5 Å². The number of aryl methyl sites for hydroxylation is 2. The number of halogens is 2. The molecule has 2 aromatic carbocycles. The van der Waals surface area contributed by atoms with Crippen molar-refractivity contribution in [3.8, 4) is 21.0 Å². The number of carbonyl (C=O) groups excluding carboxylic acids is 1. The quantitative estimate of drug-likeness (QED) is 0.312. The summed E-state index contributed by atoms with van der Waals surface area (Å²) in [6, 6.07) is 11.7. The number of hydrogen-bond acceptors (Lipinski definition) is 6. The number of thiazole rings is 2. The van der Waals surface area contributed by atoms with Crippen LogP contribution in [0.2, 0.25) is 0 Å². The van der Waals surface area contributed by atoms with Crippen molar-refractivity contribution in [1.29, 1.82) is 0 Å². The first kappa shape index (κ1) is 23.2. The molecule has 0 aliphatic rings. The van der Waals surface area contributed by atoms with E-state index >= 15 is 0 Å². The van der Waals surface area contributed by atoms with Gasteiger partial charge in [0.1, 0.15) is 28.1 Å². The summed E-state index contributed by atoms with van der Waals surface area (Å²) in [5.41, 5.74) is 3.53. The summed E-state index contributed by atoms with van der Waals surface area (Å²) in [6.45, 7) is 3.90. The Morgan fingerprint density at radius 1 is 0.939 bits per heavy atom. The Bertz CT molecular complexity index is 1310. The van der Waals surface area contributed by atoms with E-state index in [0.29, 0.717) is 5.01 Å². The van der Waals surface area contributed by atoms with Gasteiger partial charge in [-0.1, -0.05) is 18.2 Å². The van der Waals surface area contributed by atoms with Gasteiger partial charge in [0.05, 0.1) is 26.9 Å². The summed E-state index contributed by atoms with van der Waals surface area (Å²) in [5.74, 6) is -1.70. The monoisotopic (exact) mass is 483 g/mol. The van der Waals surface area contributed by atoms with E-state index in [1.54, 1.807) is 11.3 Å². The first-order valence-corrected chi connectivity index (χ1v) is 12.0. The summed E-state index contributed by atoms with van der Waals surface area (Å²) < 4.78 is 28.0. The van der Waals surface area contributed by atoms with E-state index in [9.17, 15) is 13.6 Å². The van der Waals surface area contributed by atoms with E-state index in [4.69, 9.17) is 4.98 Å². The summed E-state index contributed by atoms with van der Waals surface area (Å²) in [4.78, 5) is 26.0. The molecule has 170 valence electrons. The molecule has 0 bridgehead atoms. The van der Waals surface area contributed by atoms with Gasteiger partial charge in [-0.25, -0.2) is 18.7 Å². The number of ketones is 1. The van der Waals surface area contributed by atoms with Crippen molar-refractivity contribution >= 4 is 34.1 Å². The van der Waals surface area contributed by atoms with Crippen LogP contribution in [-0.4, -0.2) is 29.8 Å². The van der Waals surface area contributed by atoms with Crippen LogP contribution in [0.4, 0.5) is 14.5 Å². The van der Waals surface area contributed by atoms with Gasteiger partial charge in [-0.3, -0.25) is 4.79 Å². The lowest BCUT2D eigenvalue weighted by Crippen LogP contribution is -2.09. The minimum Gasteiger partial charge on any atom is -0.378 e. The standard InChI is InChI=1S/C25H23F2N3OS2/c1-14-24(32-15(2)28-14)23-25(16-7-5-8-17(11-16)30(3)4)33-22(29-23)13-18(31)12-19-20(26)9-6-10-21(19)27/h5-11H,12-13H2,1-4H3. The van der Waals surface area contributed by atoms with Crippen molar-refractivity contribution in [2.45, 2.75) is 26.7 Å². The summed E-state index contributed by atoms with van der Waals surface area (Å²) in [5, 5.41) is 1.55. The largest absolute Gasteiger partial charge is 0.378 e. The molecule has 0 spiro atoms. The Morgan fingerprint density at radius 2 is 1.64 bits per heavy atom. The second-order valence-electron chi connectivity index (χ2n) is 7.97. The predicted molar refractivity (Wildman–Crippen MR) is 131 cm³/mol. The Morgan fingerprint density at radius 3 is 2.27 bits per heavy atom. The second-order valence-corrected chi connectivity index (χ2v) is 10.3. The van der Waals surface area contributed by atoms with Crippen molar-refractivity contribution in [2.75, 3.05) is 19.0 Å². The highest BCUT2D eigenvalue weighted by Gasteiger charge is 2.22. The average Bonchev–Trinajstić information content (AvgIpc) is 3.33. The molecule has 4 aromatic rings. The molecule has 0 unspecified atom stereocenters. The number of benzene rings is 2. The van der Waals surface area contributed by atoms with E-state index in [2.05, 4.69) is 11.1 Å². The first-order chi connectivity index (χ1) is 15.7. The van der Waals surface area contributed by atoms with E-state index in [-0.39, 0.29) is 24.2 Å². The van der Waals surface area contributed by atoms with Crippen LogP contribution in [0.25, 0.3) is 21.0 Å². The number of Topliss-reactive ketones (excluding diaryl/α,β-unsaturated/α-hetero) is 1. The van der Waals surface area contributed by atoms with Gasteiger partial charge < -0.3 is 4.90 Å². The highest BCUT2D eigenvalue weighted by Crippen LogP contribution is 2.41. The summed E-state index contributed by atoms with van der Waals surface area (Å²) in [6.07, 6.45) is -0.298. The molecule has 4 nitrogen and oxygen atoms in total. The fraction of sp³-hybridized carbons (Fsp3) is 0.240. The summed E-state index contributed by atoms with van der Waals surface area (Å²) >= 11 is 3.00. The predicted octanol–water partition coefficient (Wildman–Crippen LogP) is 6.25. The number of anilines is 1. The van der Waals surface area contributed by atoms with Gasteiger partial charge in [0.25, 0.3) is 0 Å².